The standard InChI is InChI=1S/C23H30FN9O/c1-14-29-30-31-33(14)18-8-15(10-19(11-18)34-4)27-22-25-13-20(24)21(28-22)26-16-9-17-6-5-7-32(17)23(2,3)12-16/h8,10-11,13,16-17H,5-7,9,12H2,1-4H3,(H2,25,26,27,28)/t16-,17-/m0/s1. The van der Waals surface area contributed by atoms with E-state index in [1.165, 1.54) is 19.0 Å². The van der Waals surface area contributed by atoms with Crippen LogP contribution in [0.2, 0.25) is 0 Å². The Balaban J connectivity index is 1.37. The van der Waals surface area contributed by atoms with E-state index in [1.54, 1.807) is 17.9 Å². The summed E-state index contributed by atoms with van der Waals surface area (Å²) in [5.41, 5.74) is 1.46. The summed E-state index contributed by atoms with van der Waals surface area (Å²) in [5, 5.41) is 18.2. The molecule has 5 rings (SSSR count). The van der Waals surface area contributed by atoms with E-state index in [1.807, 2.05) is 19.1 Å². The number of fused-ring (bicyclic) bond motifs is 1. The zero-order valence-corrected chi connectivity index (χ0v) is 19.9. The Hall–Kier alpha value is -3.34. The van der Waals surface area contributed by atoms with Crippen LogP contribution in [0.4, 0.5) is 21.8 Å². The number of methoxy groups -OCH3 is 1. The lowest BCUT2D eigenvalue weighted by Gasteiger charge is -2.47. The molecular weight excluding hydrogens is 437 g/mol. The summed E-state index contributed by atoms with van der Waals surface area (Å²) in [6.45, 7) is 7.50. The topological polar surface area (TPSA) is 106 Å². The maximum Gasteiger partial charge on any atom is 0.229 e. The number of benzene rings is 1. The van der Waals surface area contributed by atoms with Crippen molar-refractivity contribution in [3.05, 3.63) is 36.0 Å². The fourth-order valence-electron chi connectivity index (χ4n) is 5.34. The second kappa shape index (κ2) is 8.79. The Labute approximate surface area is 197 Å². The van der Waals surface area contributed by atoms with Crippen LogP contribution in [0.5, 0.6) is 5.75 Å². The molecule has 2 atom stereocenters. The first-order valence-corrected chi connectivity index (χ1v) is 11.6. The minimum Gasteiger partial charge on any atom is -0.497 e. The predicted octanol–water partition coefficient (Wildman–Crippen LogP) is 3.47. The average Bonchev–Trinajstić information content (AvgIpc) is 3.45. The summed E-state index contributed by atoms with van der Waals surface area (Å²) in [7, 11) is 1.59. The molecule has 3 aromatic rings. The van der Waals surface area contributed by atoms with E-state index in [4.69, 9.17) is 4.74 Å². The first-order valence-electron chi connectivity index (χ1n) is 11.6. The largest absolute Gasteiger partial charge is 0.497 e. The Morgan fingerprint density at radius 3 is 2.85 bits per heavy atom. The molecular formula is C23H30FN9O. The minimum absolute atomic E-state index is 0.0764. The van der Waals surface area contributed by atoms with Crippen LogP contribution < -0.4 is 15.4 Å². The molecule has 180 valence electrons. The van der Waals surface area contributed by atoms with E-state index in [2.05, 4.69) is 54.9 Å². The highest BCUT2D eigenvalue weighted by Crippen LogP contribution is 2.38. The van der Waals surface area contributed by atoms with E-state index in [0.717, 1.165) is 25.1 Å². The summed E-state index contributed by atoms with van der Waals surface area (Å²) in [6.07, 6.45) is 5.53. The van der Waals surface area contributed by atoms with Gasteiger partial charge in [0.1, 0.15) is 5.75 Å². The van der Waals surface area contributed by atoms with Crippen molar-refractivity contribution in [3.8, 4) is 11.4 Å². The maximum absolute atomic E-state index is 14.7. The maximum atomic E-state index is 14.7. The van der Waals surface area contributed by atoms with Crippen LogP contribution in [0, 0.1) is 12.7 Å². The molecule has 11 heteroatoms. The quantitative estimate of drug-likeness (QED) is 0.564. The number of rotatable bonds is 6. The van der Waals surface area contributed by atoms with Gasteiger partial charge in [0.15, 0.2) is 17.5 Å². The summed E-state index contributed by atoms with van der Waals surface area (Å²) < 4.78 is 21.7. The van der Waals surface area contributed by atoms with Crippen LogP contribution in [0.3, 0.4) is 0 Å². The van der Waals surface area contributed by atoms with Gasteiger partial charge in [-0.1, -0.05) is 0 Å². The molecule has 0 spiro atoms. The van der Waals surface area contributed by atoms with Gasteiger partial charge in [-0.2, -0.15) is 9.67 Å². The normalized spacial score (nSPS) is 21.8. The molecule has 2 aromatic heterocycles. The fourth-order valence-corrected chi connectivity index (χ4v) is 5.34. The Bertz CT molecular complexity index is 1180. The molecule has 2 aliphatic rings. The molecule has 2 N–H and O–H groups in total. The number of piperidine rings is 1. The Morgan fingerprint density at radius 1 is 1.24 bits per heavy atom. The molecule has 0 radical (unpaired) electrons. The first kappa shape index (κ1) is 22.5. The smallest absolute Gasteiger partial charge is 0.229 e. The van der Waals surface area contributed by atoms with Crippen molar-refractivity contribution in [2.75, 3.05) is 24.3 Å². The lowest BCUT2D eigenvalue weighted by Crippen LogP contribution is -2.55. The molecule has 2 saturated heterocycles. The molecule has 1 aromatic carbocycles. The number of hydrogen-bond donors (Lipinski definition) is 2. The molecule has 4 heterocycles. The number of hydrogen-bond acceptors (Lipinski definition) is 9. The van der Waals surface area contributed by atoms with Crippen LogP contribution in [-0.4, -0.2) is 66.4 Å². The molecule has 0 bridgehead atoms. The monoisotopic (exact) mass is 467 g/mol. The summed E-state index contributed by atoms with van der Waals surface area (Å²) in [6, 6.07) is 6.17. The van der Waals surface area contributed by atoms with Gasteiger partial charge in [-0.25, -0.2) is 9.37 Å². The van der Waals surface area contributed by atoms with Gasteiger partial charge in [-0.3, -0.25) is 4.90 Å². The van der Waals surface area contributed by atoms with Crippen molar-refractivity contribution in [2.24, 2.45) is 0 Å². The number of aromatic nitrogens is 6. The van der Waals surface area contributed by atoms with Gasteiger partial charge in [-0.05, 0) is 69.5 Å². The van der Waals surface area contributed by atoms with Crippen LogP contribution in [-0.2, 0) is 0 Å². The Morgan fingerprint density at radius 2 is 2.09 bits per heavy atom. The van der Waals surface area contributed by atoms with Gasteiger partial charge in [0.25, 0.3) is 0 Å². The fraction of sp³-hybridized carbons (Fsp3) is 0.522. The third-order valence-electron chi connectivity index (χ3n) is 6.80. The van der Waals surface area contributed by atoms with Gasteiger partial charge >= 0.3 is 0 Å². The molecule has 10 nitrogen and oxygen atoms in total. The number of nitrogens with zero attached hydrogens (tertiary/aromatic N) is 7. The van der Waals surface area contributed by atoms with Crippen molar-refractivity contribution < 1.29 is 9.13 Å². The van der Waals surface area contributed by atoms with Crippen LogP contribution >= 0.6 is 0 Å². The molecule has 2 aliphatic heterocycles. The number of nitrogens with one attached hydrogen (secondary N) is 2. The van der Waals surface area contributed by atoms with Crippen molar-refractivity contribution in [1.82, 2.24) is 35.1 Å². The zero-order valence-electron chi connectivity index (χ0n) is 19.9. The SMILES string of the molecule is COc1cc(Nc2ncc(F)c(N[C@H]3C[C@@H]4CCCN4C(C)(C)C3)n2)cc(-n2nnnc2C)c1. The average molecular weight is 468 g/mol. The molecule has 34 heavy (non-hydrogen) atoms. The second-order valence-electron chi connectivity index (χ2n) is 9.66. The van der Waals surface area contributed by atoms with E-state index in [0.29, 0.717) is 23.3 Å². The number of tetrazole rings is 1. The zero-order chi connectivity index (χ0) is 23.9. The van der Waals surface area contributed by atoms with Gasteiger partial charge in [-0.15, -0.1) is 5.10 Å². The summed E-state index contributed by atoms with van der Waals surface area (Å²) in [5.74, 6) is 1.28. The van der Waals surface area contributed by atoms with Gasteiger partial charge < -0.3 is 15.4 Å². The van der Waals surface area contributed by atoms with Crippen LogP contribution in [0.1, 0.15) is 45.4 Å². The van der Waals surface area contributed by atoms with Crippen LogP contribution in [0.15, 0.2) is 24.4 Å². The van der Waals surface area contributed by atoms with E-state index in [-0.39, 0.29) is 23.3 Å². The van der Waals surface area contributed by atoms with Crippen molar-refractivity contribution in [2.45, 2.75) is 64.1 Å². The number of anilines is 3. The minimum atomic E-state index is -0.465. The van der Waals surface area contributed by atoms with Crippen molar-refractivity contribution in [3.63, 3.8) is 0 Å². The lowest BCUT2D eigenvalue weighted by atomic mass is 9.84. The van der Waals surface area contributed by atoms with E-state index < -0.39 is 5.82 Å². The molecule has 0 saturated carbocycles. The first-order chi connectivity index (χ1) is 16.3. The lowest BCUT2D eigenvalue weighted by molar-refractivity contribution is 0.0500. The Kier molecular flexibility index (Phi) is 5.80. The van der Waals surface area contributed by atoms with Crippen molar-refractivity contribution in [1.29, 1.82) is 0 Å². The highest BCUT2D eigenvalue weighted by molar-refractivity contribution is 5.62. The highest BCUT2D eigenvalue weighted by atomic mass is 19.1. The third kappa shape index (κ3) is 4.39. The molecule has 0 aliphatic carbocycles. The molecule has 0 amide bonds. The van der Waals surface area contributed by atoms with Gasteiger partial charge in [0.2, 0.25) is 5.95 Å². The van der Waals surface area contributed by atoms with E-state index in [9.17, 15) is 4.39 Å². The number of ether oxygens (including phenoxy) is 1. The van der Waals surface area contributed by atoms with Crippen LogP contribution in [0.25, 0.3) is 5.69 Å². The summed E-state index contributed by atoms with van der Waals surface area (Å²) >= 11 is 0. The number of halogens is 1. The van der Waals surface area contributed by atoms with E-state index >= 15 is 0 Å². The van der Waals surface area contributed by atoms with Crippen molar-refractivity contribution >= 4 is 17.5 Å². The highest BCUT2D eigenvalue weighted by Gasteiger charge is 2.43. The second-order valence-corrected chi connectivity index (χ2v) is 9.66. The third-order valence-corrected chi connectivity index (χ3v) is 6.80. The number of aryl methyl sites for hydroxylation is 1. The van der Waals surface area contributed by atoms with Gasteiger partial charge in [0.05, 0.1) is 19.0 Å². The molecule has 0 unspecified atom stereocenters. The summed E-state index contributed by atoms with van der Waals surface area (Å²) in [4.78, 5) is 11.2. The van der Waals surface area contributed by atoms with Gasteiger partial charge in [0, 0.05) is 35.4 Å². The predicted molar refractivity (Wildman–Crippen MR) is 126 cm³/mol. The molecule has 2 fully saturated rings.